The van der Waals surface area contributed by atoms with Gasteiger partial charge in [-0.05, 0) is 51.2 Å². The SMILES string of the molecule is Cc1nc(C2CCCN2C(=O)CCCOc2ccccc2F)ncc1C(=O)N1CCCC1. The van der Waals surface area contributed by atoms with Gasteiger partial charge in [0.1, 0.15) is 0 Å². The molecule has 3 heterocycles. The Morgan fingerprint density at radius 3 is 2.69 bits per heavy atom. The molecule has 2 aliphatic rings. The number of carbonyl (C=O) groups is 2. The molecule has 4 rings (SSSR count). The Bertz CT molecular complexity index is 977. The lowest BCUT2D eigenvalue weighted by atomic mass is 10.1. The van der Waals surface area contributed by atoms with Gasteiger partial charge in [-0.15, -0.1) is 0 Å². The average molecular weight is 441 g/mol. The molecule has 7 nitrogen and oxygen atoms in total. The second-order valence-corrected chi connectivity index (χ2v) is 8.35. The van der Waals surface area contributed by atoms with E-state index in [2.05, 4.69) is 9.97 Å². The number of carbonyl (C=O) groups excluding carboxylic acids is 2. The van der Waals surface area contributed by atoms with Gasteiger partial charge in [0.15, 0.2) is 17.4 Å². The molecule has 0 N–H and O–H groups in total. The van der Waals surface area contributed by atoms with Crippen molar-refractivity contribution < 1.29 is 18.7 Å². The van der Waals surface area contributed by atoms with Gasteiger partial charge in [-0.1, -0.05) is 12.1 Å². The molecule has 1 aromatic heterocycles. The zero-order valence-corrected chi connectivity index (χ0v) is 18.4. The molecule has 0 radical (unpaired) electrons. The number of para-hydroxylation sites is 1. The van der Waals surface area contributed by atoms with E-state index in [1.807, 2.05) is 16.7 Å². The molecule has 2 aromatic rings. The maximum atomic E-state index is 13.6. The number of ether oxygens (including phenoxy) is 1. The Hall–Kier alpha value is -3.03. The van der Waals surface area contributed by atoms with Crippen molar-refractivity contribution in [2.75, 3.05) is 26.2 Å². The van der Waals surface area contributed by atoms with Crippen molar-refractivity contribution >= 4 is 11.8 Å². The number of rotatable bonds is 7. The van der Waals surface area contributed by atoms with Crippen LogP contribution < -0.4 is 4.74 Å². The zero-order valence-electron chi connectivity index (χ0n) is 18.4. The molecule has 170 valence electrons. The van der Waals surface area contributed by atoms with Crippen LogP contribution in [0.15, 0.2) is 30.5 Å². The monoisotopic (exact) mass is 440 g/mol. The van der Waals surface area contributed by atoms with E-state index in [0.29, 0.717) is 36.5 Å². The summed E-state index contributed by atoms with van der Waals surface area (Å²) in [6.45, 7) is 4.33. The van der Waals surface area contributed by atoms with E-state index in [1.54, 1.807) is 24.4 Å². The molecule has 1 aromatic carbocycles. The standard InChI is InChI=1S/C24H29FN4O3/c1-17-18(24(31)28-12-4-5-13-28)16-26-23(27-17)20-9-6-14-29(20)22(30)11-7-15-32-21-10-3-2-8-19(21)25/h2-3,8,10,16,20H,4-7,9,11-15H2,1H3. The van der Waals surface area contributed by atoms with Gasteiger partial charge in [0.25, 0.3) is 5.91 Å². The summed E-state index contributed by atoms with van der Waals surface area (Å²) >= 11 is 0. The zero-order chi connectivity index (χ0) is 22.5. The quantitative estimate of drug-likeness (QED) is 0.614. The molecule has 2 saturated heterocycles. The number of hydrogen-bond acceptors (Lipinski definition) is 5. The van der Waals surface area contributed by atoms with Crippen LogP contribution in [0.3, 0.4) is 0 Å². The van der Waals surface area contributed by atoms with E-state index in [0.717, 1.165) is 38.8 Å². The number of aryl methyl sites for hydroxylation is 1. The lowest BCUT2D eigenvalue weighted by Crippen LogP contribution is -2.32. The summed E-state index contributed by atoms with van der Waals surface area (Å²) in [6, 6.07) is 6.07. The van der Waals surface area contributed by atoms with Gasteiger partial charge in [-0.2, -0.15) is 0 Å². The summed E-state index contributed by atoms with van der Waals surface area (Å²) in [6.07, 6.45) is 6.19. The van der Waals surface area contributed by atoms with Crippen LogP contribution in [0.25, 0.3) is 0 Å². The molecule has 2 amide bonds. The topological polar surface area (TPSA) is 75.6 Å². The summed E-state index contributed by atoms with van der Waals surface area (Å²) in [5, 5.41) is 0. The Labute approximate surface area is 187 Å². The number of nitrogens with zero attached hydrogens (tertiary/aromatic N) is 4. The minimum Gasteiger partial charge on any atom is -0.491 e. The Morgan fingerprint density at radius 2 is 1.94 bits per heavy atom. The second-order valence-electron chi connectivity index (χ2n) is 8.35. The molecule has 32 heavy (non-hydrogen) atoms. The number of hydrogen-bond donors (Lipinski definition) is 0. The van der Waals surface area contributed by atoms with Crippen molar-refractivity contribution in [3.05, 3.63) is 53.4 Å². The fourth-order valence-electron chi connectivity index (χ4n) is 4.39. The fraction of sp³-hybridized carbons (Fsp3) is 0.500. The molecule has 8 heteroatoms. The minimum atomic E-state index is -0.405. The van der Waals surface area contributed by atoms with E-state index in [9.17, 15) is 14.0 Å². The van der Waals surface area contributed by atoms with Gasteiger partial charge in [0, 0.05) is 32.3 Å². The van der Waals surface area contributed by atoms with E-state index < -0.39 is 5.82 Å². The van der Waals surface area contributed by atoms with Crippen LogP contribution in [0.1, 0.15) is 66.4 Å². The normalized spacial score (nSPS) is 18.2. The van der Waals surface area contributed by atoms with E-state index in [4.69, 9.17) is 4.74 Å². The lowest BCUT2D eigenvalue weighted by molar-refractivity contribution is -0.132. The highest BCUT2D eigenvalue weighted by Crippen LogP contribution is 2.31. The van der Waals surface area contributed by atoms with Crippen LogP contribution in [-0.4, -0.2) is 57.8 Å². The second kappa shape index (κ2) is 10.1. The van der Waals surface area contributed by atoms with Crippen LogP contribution >= 0.6 is 0 Å². The predicted molar refractivity (Wildman–Crippen MR) is 117 cm³/mol. The van der Waals surface area contributed by atoms with Crippen molar-refractivity contribution in [2.24, 2.45) is 0 Å². The third-order valence-electron chi connectivity index (χ3n) is 6.12. The lowest BCUT2D eigenvalue weighted by Gasteiger charge is -2.24. The Balaban J connectivity index is 1.34. The van der Waals surface area contributed by atoms with Crippen molar-refractivity contribution in [1.82, 2.24) is 19.8 Å². The Kier molecular flexibility index (Phi) is 6.97. The minimum absolute atomic E-state index is 0.0132. The van der Waals surface area contributed by atoms with Gasteiger partial charge in [0.05, 0.1) is 23.9 Å². The number of halogens is 1. The largest absolute Gasteiger partial charge is 0.491 e. The summed E-state index contributed by atoms with van der Waals surface area (Å²) in [7, 11) is 0. The molecule has 1 unspecified atom stereocenters. The van der Waals surface area contributed by atoms with Gasteiger partial charge in [0.2, 0.25) is 5.91 Å². The number of benzene rings is 1. The highest BCUT2D eigenvalue weighted by molar-refractivity contribution is 5.95. The molecule has 0 saturated carbocycles. The first-order valence-electron chi connectivity index (χ1n) is 11.3. The number of likely N-dealkylation sites (tertiary alicyclic amines) is 2. The molecule has 0 aliphatic carbocycles. The maximum absolute atomic E-state index is 13.6. The highest BCUT2D eigenvalue weighted by atomic mass is 19.1. The van der Waals surface area contributed by atoms with Crippen molar-refractivity contribution in [2.45, 2.75) is 51.5 Å². The number of aromatic nitrogens is 2. The van der Waals surface area contributed by atoms with E-state index in [1.165, 1.54) is 6.07 Å². The van der Waals surface area contributed by atoms with Crippen molar-refractivity contribution in [3.8, 4) is 5.75 Å². The summed E-state index contributed by atoms with van der Waals surface area (Å²) in [4.78, 5) is 38.3. The predicted octanol–water partition coefficient (Wildman–Crippen LogP) is 3.68. The van der Waals surface area contributed by atoms with Gasteiger partial charge in [-0.25, -0.2) is 14.4 Å². The van der Waals surface area contributed by atoms with Crippen molar-refractivity contribution in [1.29, 1.82) is 0 Å². The first kappa shape index (κ1) is 22.2. The summed E-state index contributed by atoms with van der Waals surface area (Å²) in [5.41, 5.74) is 1.20. The maximum Gasteiger partial charge on any atom is 0.257 e. The van der Waals surface area contributed by atoms with Gasteiger partial charge >= 0.3 is 0 Å². The van der Waals surface area contributed by atoms with Gasteiger partial charge in [-0.3, -0.25) is 9.59 Å². The first-order chi connectivity index (χ1) is 15.5. The van der Waals surface area contributed by atoms with E-state index >= 15 is 0 Å². The van der Waals surface area contributed by atoms with Crippen LogP contribution in [-0.2, 0) is 4.79 Å². The third kappa shape index (κ3) is 4.89. The van der Waals surface area contributed by atoms with Gasteiger partial charge < -0.3 is 14.5 Å². The summed E-state index contributed by atoms with van der Waals surface area (Å²) < 4.78 is 19.1. The first-order valence-corrected chi connectivity index (χ1v) is 11.3. The molecular weight excluding hydrogens is 411 g/mol. The highest BCUT2D eigenvalue weighted by Gasteiger charge is 2.32. The molecule has 0 spiro atoms. The fourth-order valence-corrected chi connectivity index (χ4v) is 4.39. The van der Waals surface area contributed by atoms with Crippen LogP contribution in [0.2, 0.25) is 0 Å². The summed E-state index contributed by atoms with van der Waals surface area (Å²) in [5.74, 6) is 0.391. The molecule has 2 aliphatic heterocycles. The molecule has 0 bridgehead atoms. The Morgan fingerprint density at radius 1 is 1.16 bits per heavy atom. The number of amides is 2. The molecule has 1 atom stereocenters. The smallest absolute Gasteiger partial charge is 0.257 e. The average Bonchev–Trinajstić information content (AvgIpc) is 3.49. The third-order valence-corrected chi connectivity index (χ3v) is 6.12. The molecule has 2 fully saturated rings. The van der Waals surface area contributed by atoms with Crippen molar-refractivity contribution in [3.63, 3.8) is 0 Å². The van der Waals surface area contributed by atoms with Crippen LogP contribution in [0.5, 0.6) is 5.75 Å². The molecular formula is C24H29FN4O3. The van der Waals surface area contributed by atoms with Crippen LogP contribution in [0, 0.1) is 12.7 Å². The van der Waals surface area contributed by atoms with Crippen LogP contribution in [0.4, 0.5) is 4.39 Å². The van der Waals surface area contributed by atoms with E-state index in [-0.39, 0.29) is 30.2 Å².